The maximum absolute atomic E-state index is 4.13. The van der Waals surface area contributed by atoms with Crippen LogP contribution in [0.15, 0.2) is 34.7 Å². The summed E-state index contributed by atoms with van der Waals surface area (Å²) in [6.07, 6.45) is 3.07. The van der Waals surface area contributed by atoms with Gasteiger partial charge in [0.05, 0.1) is 5.25 Å². The van der Waals surface area contributed by atoms with E-state index >= 15 is 0 Å². The first-order valence-electron chi connectivity index (χ1n) is 3.69. The molecule has 1 atom stereocenters. The van der Waals surface area contributed by atoms with E-state index in [2.05, 4.69) is 28.7 Å². The van der Waals surface area contributed by atoms with Gasteiger partial charge in [-0.05, 0) is 17.5 Å². The zero-order valence-corrected chi connectivity index (χ0v) is 6.92. The van der Waals surface area contributed by atoms with Crippen molar-refractivity contribution in [2.75, 3.05) is 0 Å². The third-order valence-corrected chi connectivity index (χ3v) is 2.74. The second-order valence-electron chi connectivity index (χ2n) is 2.53. The molecule has 56 valence electrons. The molecule has 1 aromatic carbocycles. The van der Waals surface area contributed by atoms with Crippen molar-refractivity contribution in [1.82, 2.24) is 0 Å². The van der Waals surface area contributed by atoms with Gasteiger partial charge in [-0.1, -0.05) is 30.3 Å². The Bertz CT molecular complexity index is 248. The molecule has 1 aliphatic rings. The van der Waals surface area contributed by atoms with Crippen LogP contribution in [-0.4, -0.2) is 6.21 Å². The number of hydrogen-bond donors (Lipinski definition) is 0. The summed E-state index contributed by atoms with van der Waals surface area (Å²) in [5.41, 5.74) is 1.38. The van der Waals surface area contributed by atoms with Gasteiger partial charge in [-0.3, -0.25) is 0 Å². The predicted molar refractivity (Wildman–Crippen MR) is 49.9 cm³/mol. The van der Waals surface area contributed by atoms with E-state index in [1.807, 2.05) is 12.3 Å². The Hall–Kier alpha value is -0.760. The third kappa shape index (κ3) is 1.46. The quantitative estimate of drug-likeness (QED) is 0.580. The first-order valence-corrected chi connectivity index (χ1v) is 4.53. The molecular formula is C9H9NS. The first-order chi connectivity index (χ1) is 5.47. The smallest absolute Gasteiger partial charge is 0.0565 e. The molecule has 1 aromatic rings. The summed E-state index contributed by atoms with van der Waals surface area (Å²) in [5.74, 6) is 0. The van der Waals surface area contributed by atoms with E-state index in [9.17, 15) is 0 Å². The third-order valence-electron chi connectivity index (χ3n) is 1.75. The Morgan fingerprint density at radius 2 is 2.09 bits per heavy atom. The summed E-state index contributed by atoms with van der Waals surface area (Å²) in [6, 6.07) is 10.5. The molecule has 0 aliphatic carbocycles. The molecule has 0 aromatic heterocycles. The lowest BCUT2D eigenvalue weighted by molar-refractivity contribution is 1.04. The van der Waals surface area contributed by atoms with Crippen LogP contribution in [0.4, 0.5) is 0 Å². The molecule has 11 heavy (non-hydrogen) atoms. The zero-order chi connectivity index (χ0) is 7.52. The molecular weight excluding hydrogens is 154 g/mol. The molecule has 1 unspecified atom stereocenters. The summed E-state index contributed by atoms with van der Waals surface area (Å²) in [6.45, 7) is 0. The van der Waals surface area contributed by atoms with E-state index in [1.54, 1.807) is 11.9 Å². The SMILES string of the molecule is C1=NSC(c2ccccc2)C1. The molecule has 0 amide bonds. The topological polar surface area (TPSA) is 12.4 Å². The average molecular weight is 163 g/mol. The van der Waals surface area contributed by atoms with Crippen LogP contribution in [0, 0.1) is 0 Å². The van der Waals surface area contributed by atoms with Crippen molar-refractivity contribution in [2.24, 2.45) is 4.40 Å². The largest absolute Gasteiger partial charge is 0.228 e. The van der Waals surface area contributed by atoms with Crippen LogP contribution in [0.3, 0.4) is 0 Å². The Morgan fingerprint density at radius 3 is 2.73 bits per heavy atom. The number of rotatable bonds is 1. The van der Waals surface area contributed by atoms with Crippen molar-refractivity contribution in [3.63, 3.8) is 0 Å². The van der Waals surface area contributed by atoms with Gasteiger partial charge >= 0.3 is 0 Å². The maximum Gasteiger partial charge on any atom is 0.0565 e. The van der Waals surface area contributed by atoms with Crippen molar-refractivity contribution in [3.8, 4) is 0 Å². The monoisotopic (exact) mass is 163 g/mol. The summed E-state index contributed by atoms with van der Waals surface area (Å²) in [7, 11) is 0. The highest BCUT2D eigenvalue weighted by atomic mass is 32.2. The lowest BCUT2D eigenvalue weighted by atomic mass is 10.1. The molecule has 1 heterocycles. The van der Waals surface area contributed by atoms with Gasteiger partial charge in [0.2, 0.25) is 0 Å². The standard InChI is InChI=1S/C9H9NS/c1-2-4-8(5-3-1)9-6-7-10-11-9/h1-5,7,9H,6H2. The van der Waals surface area contributed by atoms with Gasteiger partial charge in [0.1, 0.15) is 0 Å². The Labute approximate surface area is 70.7 Å². The Morgan fingerprint density at radius 1 is 1.27 bits per heavy atom. The van der Waals surface area contributed by atoms with Gasteiger partial charge in [-0.25, -0.2) is 4.40 Å². The average Bonchev–Trinajstić information content (AvgIpc) is 2.58. The lowest BCUT2D eigenvalue weighted by Gasteiger charge is -2.05. The van der Waals surface area contributed by atoms with E-state index in [4.69, 9.17) is 0 Å². The van der Waals surface area contributed by atoms with E-state index in [0.29, 0.717) is 5.25 Å². The Kier molecular flexibility index (Phi) is 1.95. The molecule has 0 fully saturated rings. The lowest BCUT2D eigenvalue weighted by Crippen LogP contribution is -1.87. The molecule has 0 saturated heterocycles. The minimum absolute atomic E-state index is 0.566. The molecule has 0 N–H and O–H groups in total. The molecule has 1 nitrogen and oxygen atoms in total. The summed E-state index contributed by atoms with van der Waals surface area (Å²) < 4.78 is 4.13. The van der Waals surface area contributed by atoms with Crippen LogP contribution in [0.1, 0.15) is 17.2 Å². The van der Waals surface area contributed by atoms with Gasteiger partial charge in [0, 0.05) is 12.6 Å². The van der Waals surface area contributed by atoms with E-state index in [-0.39, 0.29) is 0 Å². The van der Waals surface area contributed by atoms with Crippen LogP contribution in [0.25, 0.3) is 0 Å². The number of hydrogen-bond acceptors (Lipinski definition) is 2. The fourth-order valence-electron chi connectivity index (χ4n) is 1.16. The summed E-state index contributed by atoms with van der Waals surface area (Å²) >= 11 is 1.66. The van der Waals surface area contributed by atoms with Crippen molar-refractivity contribution >= 4 is 18.2 Å². The van der Waals surface area contributed by atoms with Crippen LogP contribution in [0.5, 0.6) is 0 Å². The minimum atomic E-state index is 0.566. The molecule has 2 rings (SSSR count). The highest BCUT2D eigenvalue weighted by Gasteiger charge is 2.13. The molecule has 1 aliphatic heterocycles. The van der Waals surface area contributed by atoms with Gasteiger partial charge < -0.3 is 0 Å². The normalized spacial score (nSPS) is 22.4. The molecule has 2 heteroatoms. The molecule has 0 radical (unpaired) electrons. The second kappa shape index (κ2) is 3.09. The minimum Gasteiger partial charge on any atom is -0.228 e. The van der Waals surface area contributed by atoms with Crippen LogP contribution >= 0.6 is 11.9 Å². The van der Waals surface area contributed by atoms with Crippen LogP contribution in [-0.2, 0) is 0 Å². The van der Waals surface area contributed by atoms with Crippen LogP contribution in [0.2, 0.25) is 0 Å². The van der Waals surface area contributed by atoms with Gasteiger partial charge in [0.15, 0.2) is 0 Å². The van der Waals surface area contributed by atoms with Gasteiger partial charge in [0.25, 0.3) is 0 Å². The summed E-state index contributed by atoms with van der Waals surface area (Å²) in [4.78, 5) is 0. The Balaban J connectivity index is 2.17. The first kappa shape index (κ1) is 6.92. The number of benzene rings is 1. The molecule has 0 saturated carbocycles. The van der Waals surface area contributed by atoms with Gasteiger partial charge in [-0.2, -0.15) is 0 Å². The zero-order valence-electron chi connectivity index (χ0n) is 6.10. The fourth-order valence-corrected chi connectivity index (χ4v) is 1.93. The van der Waals surface area contributed by atoms with Crippen molar-refractivity contribution in [3.05, 3.63) is 35.9 Å². The fraction of sp³-hybridized carbons (Fsp3) is 0.222. The highest BCUT2D eigenvalue weighted by molar-refractivity contribution is 7.98. The molecule has 0 spiro atoms. The predicted octanol–water partition coefficient (Wildman–Crippen LogP) is 2.85. The van der Waals surface area contributed by atoms with Crippen molar-refractivity contribution in [2.45, 2.75) is 11.7 Å². The highest BCUT2D eigenvalue weighted by Crippen LogP contribution is 2.35. The summed E-state index contributed by atoms with van der Waals surface area (Å²) in [5, 5.41) is 0.566. The van der Waals surface area contributed by atoms with E-state index < -0.39 is 0 Å². The van der Waals surface area contributed by atoms with Gasteiger partial charge in [-0.15, -0.1) is 0 Å². The second-order valence-corrected chi connectivity index (χ2v) is 3.52. The molecule has 0 bridgehead atoms. The van der Waals surface area contributed by atoms with E-state index in [1.165, 1.54) is 5.56 Å². The van der Waals surface area contributed by atoms with Crippen LogP contribution < -0.4 is 0 Å². The van der Waals surface area contributed by atoms with Crippen molar-refractivity contribution < 1.29 is 0 Å². The van der Waals surface area contributed by atoms with E-state index in [0.717, 1.165) is 6.42 Å². The number of nitrogens with zero attached hydrogens (tertiary/aromatic N) is 1. The maximum atomic E-state index is 4.13. The van der Waals surface area contributed by atoms with Crippen molar-refractivity contribution in [1.29, 1.82) is 0 Å².